The highest BCUT2D eigenvalue weighted by Crippen LogP contribution is 2.12. The van der Waals surface area contributed by atoms with E-state index in [2.05, 4.69) is 0 Å². The average Bonchev–Trinajstić information content (AvgIpc) is 2.17. The molecule has 0 aromatic heterocycles. The van der Waals surface area contributed by atoms with E-state index in [1.807, 2.05) is 39.0 Å². The molecule has 0 aliphatic heterocycles. The molecule has 1 aromatic carbocycles. The second kappa shape index (κ2) is 5.30. The largest absolute Gasteiger partial charge is 0.223 e. The molecule has 0 radical (unpaired) electrons. The van der Waals surface area contributed by atoms with E-state index in [1.54, 1.807) is 18.2 Å². The molecule has 0 spiro atoms. The third-order valence-electron chi connectivity index (χ3n) is 2.22. The van der Waals surface area contributed by atoms with E-state index < -0.39 is 9.84 Å². The Kier molecular flexibility index (Phi) is 4.30. The summed E-state index contributed by atoms with van der Waals surface area (Å²) in [7, 11) is -3.16. The number of hydrogen-bond donors (Lipinski definition) is 0. The molecule has 3 heteroatoms. The summed E-state index contributed by atoms with van der Waals surface area (Å²) >= 11 is 0. The van der Waals surface area contributed by atoms with Crippen molar-refractivity contribution in [2.24, 2.45) is 5.92 Å². The van der Waals surface area contributed by atoms with Gasteiger partial charge in [-0.05, 0) is 25.0 Å². The summed E-state index contributed by atoms with van der Waals surface area (Å²) in [5, 5.41) is 0. The van der Waals surface area contributed by atoms with Crippen molar-refractivity contribution in [1.29, 1.82) is 0 Å². The van der Waals surface area contributed by atoms with Crippen LogP contribution in [0.4, 0.5) is 0 Å². The molecule has 0 unspecified atom stereocenters. The third kappa shape index (κ3) is 3.81. The zero-order chi connectivity index (χ0) is 12.2. The summed E-state index contributed by atoms with van der Waals surface area (Å²) in [6, 6.07) is 6.96. The van der Waals surface area contributed by atoms with Crippen LogP contribution in [0.25, 0.3) is 0 Å². The van der Waals surface area contributed by atoms with Crippen LogP contribution < -0.4 is 0 Å². The summed E-state index contributed by atoms with van der Waals surface area (Å²) in [6.07, 6.45) is 3.63. The van der Waals surface area contributed by atoms with Gasteiger partial charge in [-0.2, -0.15) is 0 Å². The smallest absolute Gasteiger partial charge is 0.181 e. The van der Waals surface area contributed by atoms with Gasteiger partial charge in [0, 0.05) is 0 Å². The fourth-order valence-electron chi connectivity index (χ4n) is 1.30. The van der Waals surface area contributed by atoms with Crippen molar-refractivity contribution in [2.75, 3.05) is 5.75 Å². The lowest BCUT2D eigenvalue weighted by Gasteiger charge is -2.02. The highest BCUT2D eigenvalue weighted by molar-refractivity contribution is 7.91. The van der Waals surface area contributed by atoms with E-state index in [4.69, 9.17) is 0 Å². The van der Waals surface area contributed by atoms with Gasteiger partial charge in [-0.15, -0.1) is 0 Å². The SMILES string of the molecule is Cc1ccc(S(=O)(=O)C/C=C/C(C)C)cc1. The lowest BCUT2D eigenvalue weighted by molar-refractivity contribution is 0.599. The highest BCUT2D eigenvalue weighted by atomic mass is 32.2. The Hall–Kier alpha value is -1.09. The monoisotopic (exact) mass is 238 g/mol. The Bertz CT molecular complexity index is 453. The topological polar surface area (TPSA) is 34.1 Å². The molecular weight excluding hydrogens is 220 g/mol. The first-order valence-electron chi connectivity index (χ1n) is 5.38. The van der Waals surface area contributed by atoms with E-state index in [0.29, 0.717) is 10.8 Å². The van der Waals surface area contributed by atoms with E-state index in [1.165, 1.54) is 0 Å². The maximum Gasteiger partial charge on any atom is 0.181 e. The predicted molar refractivity (Wildman–Crippen MR) is 67.2 cm³/mol. The first-order chi connectivity index (χ1) is 7.42. The van der Waals surface area contributed by atoms with Gasteiger partial charge in [0.15, 0.2) is 9.84 Å². The number of allylic oxidation sites excluding steroid dienone is 1. The number of benzene rings is 1. The van der Waals surface area contributed by atoms with Gasteiger partial charge in [-0.3, -0.25) is 0 Å². The Morgan fingerprint density at radius 3 is 2.25 bits per heavy atom. The number of rotatable bonds is 4. The Morgan fingerprint density at radius 2 is 1.75 bits per heavy atom. The minimum atomic E-state index is -3.16. The average molecular weight is 238 g/mol. The highest BCUT2D eigenvalue weighted by Gasteiger charge is 2.11. The molecule has 0 fully saturated rings. The number of aryl methyl sites for hydroxylation is 1. The van der Waals surface area contributed by atoms with Crippen molar-refractivity contribution in [3.05, 3.63) is 42.0 Å². The van der Waals surface area contributed by atoms with Crippen LogP contribution in [0.2, 0.25) is 0 Å². The first kappa shape index (κ1) is 13.0. The van der Waals surface area contributed by atoms with Crippen molar-refractivity contribution in [2.45, 2.75) is 25.7 Å². The molecule has 1 rings (SSSR count). The van der Waals surface area contributed by atoms with E-state index >= 15 is 0 Å². The molecule has 0 atom stereocenters. The van der Waals surface area contributed by atoms with Gasteiger partial charge >= 0.3 is 0 Å². The van der Waals surface area contributed by atoms with Crippen LogP contribution >= 0.6 is 0 Å². The molecule has 0 N–H and O–H groups in total. The molecule has 0 bridgehead atoms. The molecule has 1 aromatic rings. The van der Waals surface area contributed by atoms with Gasteiger partial charge in [0.05, 0.1) is 10.6 Å². The summed E-state index contributed by atoms with van der Waals surface area (Å²) in [5.74, 6) is 0.460. The zero-order valence-electron chi connectivity index (χ0n) is 9.97. The Morgan fingerprint density at radius 1 is 1.19 bits per heavy atom. The van der Waals surface area contributed by atoms with Crippen molar-refractivity contribution in [3.63, 3.8) is 0 Å². The molecular formula is C13H18O2S. The predicted octanol–water partition coefficient (Wildman–Crippen LogP) is 2.98. The molecule has 0 heterocycles. The summed E-state index contributed by atoms with van der Waals surface area (Å²) < 4.78 is 23.7. The second-order valence-electron chi connectivity index (χ2n) is 4.27. The maximum absolute atomic E-state index is 11.9. The zero-order valence-corrected chi connectivity index (χ0v) is 10.8. The van der Waals surface area contributed by atoms with Crippen LogP contribution in [0, 0.1) is 12.8 Å². The van der Waals surface area contributed by atoms with Gasteiger partial charge < -0.3 is 0 Å². The van der Waals surface area contributed by atoms with Gasteiger partial charge in [0.1, 0.15) is 0 Å². The summed E-state index contributed by atoms with van der Waals surface area (Å²) in [5.41, 5.74) is 1.07. The van der Waals surface area contributed by atoms with Crippen molar-refractivity contribution < 1.29 is 8.42 Å². The van der Waals surface area contributed by atoms with Gasteiger partial charge in [-0.1, -0.05) is 43.7 Å². The fourth-order valence-corrected chi connectivity index (χ4v) is 2.40. The molecule has 2 nitrogen and oxygen atoms in total. The van der Waals surface area contributed by atoms with Gasteiger partial charge in [-0.25, -0.2) is 8.42 Å². The lowest BCUT2D eigenvalue weighted by Crippen LogP contribution is -2.04. The Balaban J connectivity index is 2.82. The first-order valence-corrected chi connectivity index (χ1v) is 7.03. The minimum absolute atomic E-state index is 0.0776. The van der Waals surface area contributed by atoms with Crippen LogP contribution in [-0.4, -0.2) is 14.2 Å². The third-order valence-corrected chi connectivity index (χ3v) is 3.84. The molecule has 0 amide bonds. The quantitative estimate of drug-likeness (QED) is 0.756. The molecule has 88 valence electrons. The standard InChI is InChI=1S/C13H18O2S/c1-11(2)5-4-10-16(14,15)13-8-6-12(3)7-9-13/h4-9,11H,10H2,1-3H3/b5-4+. The van der Waals surface area contributed by atoms with Crippen LogP contribution in [0.1, 0.15) is 19.4 Å². The normalized spacial score (nSPS) is 12.5. The molecule has 0 saturated heterocycles. The van der Waals surface area contributed by atoms with Gasteiger partial charge in [0.25, 0.3) is 0 Å². The molecule has 0 saturated carbocycles. The minimum Gasteiger partial charge on any atom is -0.223 e. The summed E-state index contributed by atoms with van der Waals surface area (Å²) in [4.78, 5) is 0.395. The molecule has 0 aliphatic carbocycles. The van der Waals surface area contributed by atoms with E-state index in [-0.39, 0.29) is 5.75 Å². The van der Waals surface area contributed by atoms with Gasteiger partial charge in [0.2, 0.25) is 0 Å². The van der Waals surface area contributed by atoms with Crippen LogP contribution in [0.3, 0.4) is 0 Å². The van der Waals surface area contributed by atoms with Crippen molar-refractivity contribution in [3.8, 4) is 0 Å². The van der Waals surface area contributed by atoms with E-state index in [9.17, 15) is 8.42 Å². The van der Waals surface area contributed by atoms with Crippen LogP contribution in [-0.2, 0) is 9.84 Å². The van der Waals surface area contributed by atoms with Crippen molar-refractivity contribution in [1.82, 2.24) is 0 Å². The Labute approximate surface area is 97.9 Å². The maximum atomic E-state index is 11.9. The lowest BCUT2D eigenvalue weighted by atomic mass is 10.2. The van der Waals surface area contributed by atoms with Crippen LogP contribution in [0.15, 0.2) is 41.3 Å². The number of hydrogen-bond acceptors (Lipinski definition) is 2. The second-order valence-corrected chi connectivity index (χ2v) is 6.30. The fraction of sp³-hybridized carbons (Fsp3) is 0.385. The van der Waals surface area contributed by atoms with E-state index in [0.717, 1.165) is 5.56 Å². The van der Waals surface area contributed by atoms with Crippen molar-refractivity contribution >= 4 is 9.84 Å². The summed E-state index contributed by atoms with van der Waals surface area (Å²) in [6.45, 7) is 5.99. The number of sulfone groups is 1. The molecule has 0 aliphatic rings. The van der Waals surface area contributed by atoms with Crippen LogP contribution in [0.5, 0.6) is 0 Å². The molecule has 16 heavy (non-hydrogen) atoms.